The highest BCUT2D eigenvalue weighted by atomic mass is 16.2. The molecule has 3 amide bonds. The minimum absolute atomic E-state index is 0.0799. The molecule has 1 fully saturated rings. The summed E-state index contributed by atoms with van der Waals surface area (Å²) >= 11 is 0. The number of hydrogen-bond acceptors (Lipinski definition) is 4. The average Bonchev–Trinajstić information content (AvgIpc) is 3.09. The Labute approximate surface area is 193 Å². The van der Waals surface area contributed by atoms with Gasteiger partial charge in [0.15, 0.2) is 0 Å². The maximum Gasteiger partial charge on any atom is 0.266 e. The minimum Gasteiger partial charge on any atom is -0.336 e. The van der Waals surface area contributed by atoms with Crippen molar-refractivity contribution in [3.63, 3.8) is 0 Å². The van der Waals surface area contributed by atoms with Gasteiger partial charge in [0.05, 0.1) is 16.8 Å². The second-order valence-corrected chi connectivity index (χ2v) is 8.60. The van der Waals surface area contributed by atoms with Crippen molar-refractivity contribution in [2.75, 3.05) is 31.1 Å². The van der Waals surface area contributed by atoms with Crippen molar-refractivity contribution in [2.45, 2.75) is 13.5 Å². The van der Waals surface area contributed by atoms with Crippen LogP contribution in [0.2, 0.25) is 0 Å². The summed E-state index contributed by atoms with van der Waals surface area (Å²) in [6.45, 7) is 5.86. The first-order valence-electron chi connectivity index (χ1n) is 11.2. The van der Waals surface area contributed by atoms with Gasteiger partial charge in [-0.25, -0.2) is 4.90 Å². The molecular formula is C27H25N3O3. The van der Waals surface area contributed by atoms with Gasteiger partial charge in [0.2, 0.25) is 0 Å². The number of carbonyl (C=O) groups is 3. The molecule has 6 nitrogen and oxygen atoms in total. The molecule has 0 unspecified atom stereocenters. The summed E-state index contributed by atoms with van der Waals surface area (Å²) in [7, 11) is 0. The lowest BCUT2D eigenvalue weighted by Gasteiger charge is -2.35. The third-order valence-corrected chi connectivity index (χ3v) is 6.29. The van der Waals surface area contributed by atoms with Crippen LogP contribution in [0.4, 0.5) is 5.69 Å². The monoisotopic (exact) mass is 439 g/mol. The smallest absolute Gasteiger partial charge is 0.266 e. The highest BCUT2D eigenvalue weighted by molar-refractivity contribution is 6.34. The molecule has 3 aromatic rings. The number of aryl methyl sites for hydroxylation is 1. The van der Waals surface area contributed by atoms with Crippen LogP contribution in [0.1, 0.15) is 42.2 Å². The van der Waals surface area contributed by atoms with Crippen LogP contribution in [0.5, 0.6) is 0 Å². The van der Waals surface area contributed by atoms with Gasteiger partial charge in [-0.2, -0.15) is 0 Å². The molecule has 2 heterocycles. The van der Waals surface area contributed by atoms with Crippen molar-refractivity contribution in [2.24, 2.45) is 0 Å². The van der Waals surface area contributed by atoms with E-state index in [1.165, 1.54) is 11.1 Å². The molecule has 6 heteroatoms. The molecule has 1 saturated heterocycles. The number of benzene rings is 3. The fraction of sp³-hybridized carbons (Fsp3) is 0.222. The van der Waals surface area contributed by atoms with Gasteiger partial charge in [-0.05, 0) is 42.8 Å². The van der Waals surface area contributed by atoms with Crippen LogP contribution >= 0.6 is 0 Å². The maximum absolute atomic E-state index is 13.2. The molecule has 166 valence electrons. The number of imide groups is 1. The molecule has 0 atom stereocenters. The summed E-state index contributed by atoms with van der Waals surface area (Å²) < 4.78 is 0. The van der Waals surface area contributed by atoms with E-state index in [0.29, 0.717) is 35.5 Å². The number of hydrogen-bond donors (Lipinski definition) is 0. The lowest BCUT2D eigenvalue weighted by Crippen LogP contribution is -2.48. The average molecular weight is 440 g/mol. The van der Waals surface area contributed by atoms with Crippen LogP contribution in [-0.4, -0.2) is 53.7 Å². The standard InChI is InChI=1S/C27H25N3O3/c1-19-6-4-7-20(16-19)18-28-12-14-29(15-13-28)25(31)21-8-5-9-22(17-21)30-26(32)23-10-2-3-11-24(23)27(30)33/h2-11,16-17H,12-15,18H2,1H3. The Morgan fingerprint density at radius 1 is 0.788 bits per heavy atom. The van der Waals surface area contributed by atoms with Gasteiger partial charge in [-0.1, -0.05) is 48.0 Å². The molecule has 0 saturated carbocycles. The molecule has 0 N–H and O–H groups in total. The zero-order valence-corrected chi connectivity index (χ0v) is 18.5. The predicted molar refractivity (Wildman–Crippen MR) is 126 cm³/mol. The predicted octanol–water partition coefficient (Wildman–Crippen LogP) is 3.75. The maximum atomic E-state index is 13.2. The summed E-state index contributed by atoms with van der Waals surface area (Å²) in [5.41, 5.74) is 4.22. The number of nitrogens with zero attached hydrogens (tertiary/aromatic N) is 3. The normalized spacial score (nSPS) is 16.3. The molecule has 2 aliphatic heterocycles. The van der Waals surface area contributed by atoms with Crippen LogP contribution < -0.4 is 4.90 Å². The molecule has 0 aliphatic carbocycles. The van der Waals surface area contributed by atoms with Crippen LogP contribution in [0.15, 0.2) is 72.8 Å². The van der Waals surface area contributed by atoms with Crippen molar-refractivity contribution >= 4 is 23.4 Å². The third-order valence-electron chi connectivity index (χ3n) is 6.29. The quantitative estimate of drug-likeness (QED) is 0.581. The first kappa shape index (κ1) is 21.1. The molecule has 3 aromatic carbocycles. The van der Waals surface area contributed by atoms with E-state index >= 15 is 0 Å². The molecule has 5 rings (SSSR count). The largest absolute Gasteiger partial charge is 0.336 e. The van der Waals surface area contributed by atoms with Gasteiger partial charge >= 0.3 is 0 Å². The van der Waals surface area contributed by atoms with Crippen LogP contribution in [0.25, 0.3) is 0 Å². The van der Waals surface area contributed by atoms with Crippen LogP contribution in [0.3, 0.4) is 0 Å². The van der Waals surface area contributed by atoms with Crippen molar-refractivity contribution in [1.82, 2.24) is 9.80 Å². The van der Waals surface area contributed by atoms with E-state index in [1.54, 1.807) is 48.5 Å². The summed E-state index contributed by atoms with van der Waals surface area (Å²) in [5, 5.41) is 0. The zero-order chi connectivity index (χ0) is 22.9. The van der Waals surface area contributed by atoms with Gasteiger partial charge in [0.1, 0.15) is 0 Å². The van der Waals surface area contributed by atoms with Gasteiger partial charge in [0.25, 0.3) is 17.7 Å². The van der Waals surface area contributed by atoms with Crippen molar-refractivity contribution in [3.8, 4) is 0 Å². The summed E-state index contributed by atoms with van der Waals surface area (Å²) in [5.74, 6) is -0.793. The van der Waals surface area contributed by atoms with Crippen molar-refractivity contribution in [3.05, 3.63) is 101 Å². The molecule has 0 aromatic heterocycles. The second-order valence-electron chi connectivity index (χ2n) is 8.60. The first-order chi connectivity index (χ1) is 16.0. The van der Waals surface area contributed by atoms with E-state index < -0.39 is 0 Å². The number of amides is 3. The molecule has 33 heavy (non-hydrogen) atoms. The van der Waals surface area contributed by atoms with E-state index in [4.69, 9.17) is 0 Å². The Balaban J connectivity index is 1.27. The van der Waals surface area contributed by atoms with E-state index in [9.17, 15) is 14.4 Å². The highest BCUT2D eigenvalue weighted by Crippen LogP contribution is 2.29. The Bertz CT molecular complexity index is 1210. The van der Waals surface area contributed by atoms with Gasteiger partial charge < -0.3 is 4.90 Å². The Morgan fingerprint density at radius 3 is 2.12 bits per heavy atom. The Kier molecular flexibility index (Phi) is 5.52. The fourth-order valence-corrected chi connectivity index (χ4v) is 4.56. The van der Waals surface area contributed by atoms with Gasteiger partial charge in [-0.3, -0.25) is 19.3 Å². The number of piperazine rings is 1. The Morgan fingerprint density at radius 2 is 1.45 bits per heavy atom. The van der Waals surface area contributed by atoms with E-state index in [2.05, 4.69) is 36.1 Å². The lowest BCUT2D eigenvalue weighted by atomic mass is 10.1. The van der Waals surface area contributed by atoms with E-state index in [1.807, 2.05) is 4.90 Å². The zero-order valence-electron chi connectivity index (χ0n) is 18.5. The first-order valence-corrected chi connectivity index (χ1v) is 11.2. The lowest BCUT2D eigenvalue weighted by molar-refractivity contribution is 0.0628. The highest BCUT2D eigenvalue weighted by Gasteiger charge is 2.36. The molecule has 2 aliphatic rings. The summed E-state index contributed by atoms with van der Waals surface area (Å²) in [6, 6.07) is 22.1. The number of anilines is 1. The van der Waals surface area contributed by atoms with Crippen LogP contribution in [0, 0.1) is 6.92 Å². The molecule has 0 radical (unpaired) electrons. The SMILES string of the molecule is Cc1cccc(CN2CCN(C(=O)c3cccc(N4C(=O)c5ccccc5C4=O)c3)CC2)c1. The third kappa shape index (κ3) is 4.05. The second kappa shape index (κ2) is 8.64. The molecule has 0 bridgehead atoms. The van der Waals surface area contributed by atoms with Gasteiger partial charge in [-0.15, -0.1) is 0 Å². The van der Waals surface area contributed by atoms with Crippen molar-refractivity contribution < 1.29 is 14.4 Å². The Hall–Kier alpha value is -3.77. The van der Waals surface area contributed by atoms with E-state index in [-0.39, 0.29) is 17.7 Å². The van der Waals surface area contributed by atoms with Gasteiger partial charge in [0, 0.05) is 38.3 Å². The van der Waals surface area contributed by atoms with Crippen LogP contribution in [-0.2, 0) is 6.54 Å². The summed E-state index contributed by atoms with van der Waals surface area (Å²) in [6.07, 6.45) is 0. The van der Waals surface area contributed by atoms with E-state index in [0.717, 1.165) is 24.5 Å². The number of fused-ring (bicyclic) bond motifs is 1. The number of carbonyl (C=O) groups excluding carboxylic acids is 3. The topological polar surface area (TPSA) is 60.9 Å². The molecule has 0 spiro atoms. The van der Waals surface area contributed by atoms with Crippen molar-refractivity contribution in [1.29, 1.82) is 0 Å². The minimum atomic E-state index is -0.357. The molecular weight excluding hydrogens is 414 g/mol. The number of rotatable bonds is 4. The fourth-order valence-electron chi connectivity index (χ4n) is 4.56. The summed E-state index contributed by atoms with van der Waals surface area (Å²) in [4.78, 5) is 44.1.